The summed E-state index contributed by atoms with van der Waals surface area (Å²) in [4.78, 5) is 10.8. The Hall–Kier alpha value is -1.29. The van der Waals surface area contributed by atoms with Crippen LogP contribution in [0.3, 0.4) is 0 Å². The summed E-state index contributed by atoms with van der Waals surface area (Å²) >= 11 is 3.28. The molecule has 0 bridgehead atoms. The third-order valence-corrected chi connectivity index (χ3v) is 2.42. The molecule has 16 heavy (non-hydrogen) atoms. The molecule has 0 aliphatic carbocycles. The van der Waals surface area contributed by atoms with Crippen molar-refractivity contribution in [1.82, 2.24) is 0 Å². The van der Waals surface area contributed by atoms with E-state index in [9.17, 15) is 4.79 Å². The monoisotopic (exact) mass is 283 g/mol. The Morgan fingerprint density at radius 3 is 2.69 bits per heavy atom. The van der Waals surface area contributed by atoms with Gasteiger partial charge in [-0.15, -0.1) is 0 Å². The summed E-state index contributed by atoms with van der Waals surface area (Å²) in [5.74, 6) is -0.924. The molecule has 1 aromatic carbocycles. The minimum atomic E-state index is -0.924. The molecule has 0 saturated heterocycles. The van der Waals surface area contributed by atoms with Gasteiger partial charge in [-0.25, -0.2) is 4.79 Å². The first-order chi connectivity index (χ1) is 7.49. The van der Waals surface area contributed by atoms with Gasteiger partial charge in [-0.05, 0) is 32.0 Å². The number of benzene rings is 1. The van der Waals surface area contributed by atoms with Crippen LogP contribution in [-0.4, -0.2) is 17.6 Å². The molecule has 0 amide bonds. The van der Waals surface area contributed by atoms with Crippen molar-refractivity contribution < 1.29 is 9.90 Å². The number of anilines is 1. The molecule has 0 unspecified atom stereocenters. The van der Waals surface area contributed by atoms with Gasteiger partial charge in [0.25, 0.3) is 0 Å². The predicted molar refractivity (Wildman–Crippen MR) is 69.0 cm³/mol. The lowest BCUT2D eigenvalue weighted by Gasteiger charge is -2.06. The highest BCUT2D eigenvalue weighted by atomic mass is 79.9. The fraction of sp³-hybridized carbons (Fsp3) is 0.250. The van der Waals surface area contributed by atoms with Gasteiger partial charge in [0.05, 0.1) is 5.56 Å². The lowest BCUT2D eigenvalue weighted by Crippen LogP contribution is -2.02. The maximum atomic E-state index is 10.8. The molecule has 1 aromatic rings. The van der Waals surface area contributed by atoms with E-state index in [-0.39, 0.29) is 5.56 Å². The van der Waals surface area contributed by atoms with E-state index in [1.165, 1.54) is 5.57 Å². The van der Waals surface area contributed by atoms with Crippen molar-refractivity contribution in [2.45, 2.75) is 13.8 Å². The van der Waals surface area contributed by atoms with E-state index in [0.717, 1.165) is 10.2 Å². The van der Waals surface area contributed by atoms with Gasteiger partial charge in [0.15, 0.2) is 0 Å². The first-order valence-electron chi connectivity index (χ1n) is 4.90. The number of hydrogen-bond acceptors (Lipinski definition) is 2. The second-order valence-electron chi connectivity index (χ2n) is 3.70. The van der Waals surface area contributed by atoms with Crippen molar-refractivity contribution in [2.75, 3.05) is 11.9 Å². The van der Waals surface area contributed by atoms with Crippen molar-refractivity contribution in [1.29, 1.82) is 0 Å². The van der Waals surface area contributed by atoms with Crippen molar-refractivity contribution in [2.24, 2.45) is 0 Å². The van der Waals surface area contributed by atoms with Crippen molar-refractivity contribution in [3.8, 4) is 0 Å². The molecular weight excluding hydrogens is 270 g/mol. The van der Waals surface area contributed by atoms with E-state index < -0.39 is 5.97 Å². The highest BCUT2D eigenvalue weighted by molar-refractivity contribution is 9.10. The van der Waals surface area contributed by atoms with Crippen LogP contribution in [0.15, 0.2) is 34.3 Å². The van der Waals surface area contributed by atoms with E-state index in [4.69, 9.17) is 5.11 Å². The summed E-state index contributed by atoms with van der Waals surface area (Å²) in [6.07, 6.45) is 2.04. The Morgan fingerprint density at radius 2 is 2.12 bits per heavy atom. The topological polar surface area (TPSA) is 49.3 Å². The average Bonchev–Trinajstić information content (AvgIpc) is 2.16. The summed E-state index contributed by atoms with van der Waals surface area (Å²) in [5, 5.41) is 12.0. The lowest BCUT2D eigenvalue weighted by atomic mass is 10.2. The fourth-order valence-corrected chi connectivity index (χ4v) is 1.68. The Balaban J connectivity index is 2.80. The third kappa shape index (κ3) is 4.06. The first-order valence-corrected chi connectivity index (χ1v) is 5.69. The van der Waals surface area contributed by atoms with Gasteiger partial charge >= 0.3 is 5.97 Å². The van der Waals surface area contributed by atoms with Gasteiger partial charge in [-0.2, -0.15) is 0 Å². The molecule has 0 fully saturated rings. The molecule has 3 nitrogen and oxygen atoms in total. The van der Waals surface area contributed by atoms with Crippen LogP contribution < -0.4 is 5.32 Å². The summed E-state index contributed by atoms with van der Waals surface area (Å²) in [6, 6.07) is 5.05. The van der Waals surface area contributed by atoms with Gasteiger partial charge in [0.2, 0.25) is 0 Å². The molecule has 0 atom stereocenters. The normalized spacial score (nSPS) is 9.69. The van der Waals surface area contributed by atoms with Crippen LogP contribution in [0.1, 0.15) is 24.2 Å². The minimum absolute atomic E-state index is 0.272. The van der Waals surface area contributed by atoms with Gasteiger partial charge in [0.1, 0.15) is 0 Å². The van der Waals surface area contributed by atoms with E-state index in [1.807, 2.05) is 26.0 Å². The molecule has 0 heterocycles. The highest BCUT2D eigenvalue weighted by Gasteiger charge is 2.05. The van der Waals surface area contributed by atoms with Crippen LogP contribution in [0.5, 0.6) is 0 Å². The Bertz CT molecular complexity index is 423. The number of halogens is 1. The molecule has 4 heteroatoms. The maximum Gasteiger partial charge on any atom is 0.335 e. The van der Waals surface area contributed by atoms with Crippen LogP contribution in [0.2, 0.25) is 0 Å². The smallest absolute Gasteiger partial charge is 0.335 e. The second kappa shape index (κ2) is 5.70. The van der Waals surface area contributed by atoms with Crippen molar-refractivity contribution in [3.63, 3.8) is 0 Å². The molecule has 0 aliphatic heterocycles. The Kier molecular flexibility index (Phi) is 4.55. The standard InChI is InChI=1S/C12H14BrNO2/c1-8(2)3-4-14-11-6-9(12(15)16)5-10(13)7-11/h3,5-7,14H,4H2,1-2H3,(H,15,16). The molecule has 0 spiro atoms. The molecule has 0 radical (unpaired) electrons. The SMILES string of the molecule is CC(C)=CCNc1cc(Br)cc(C(=O)O)c1. The molecule has 86 valence electrons. The summed E-state index contributed by atoms with van der Waals surface area (Å²) < 4.78 is 0.757. The summed E-state index contributed by atoms with van der Waals surface area (Å²) in [6.45, 7) is 4.73. The summed E-state index contributed by atoms with van der Waals surface area (Å²) in [5.41, 5.74) is 2.29. The molecule has 0 aromatic heterocycles. The number of hydrogen-bond donors (Lipinski definition) is 2. The van der Waals surface area contributed by atoms with Gasteiger partial charge in [-0.3, -0.25) is 0 Å². The number of nitrogens with one attached hydrogen (secondary N) is 1. The largest absolute Gasteiger partial charge is 0.478 e. The molecule has 0 aliphatic rings. The Morgan fingerprint density at radius 1 is 1.44 bits per heavy atom. The quantitative estimate of drug-likeness (QED) is 0.832. The molecular formula is C12H14BrNO2. The predicted octanol–water partition coefficient (Wildman–Crippen LogP) is 3.53. The number of rotatable bonds is 4. The first kappa shape index (κ1) is 12.8. The van der Waals surface area contributed by atoms with E-state index >= 15 is 0 Å². The van der Waals surface area contributed by atoms with E-state index in [2.05, 4.69) is 21.2 Å². The summed E-state index contributed by atoms with van der Waals surface area (Å²) in [7, 11) is 0. The van der Waals surface area contributed by atoms with E-state index in [0.29, 0.717) is 6.54 Å². The molecule has 0 saturated carbocycles. The van der Waals surface area contributed by atoms with Gasteiger partial charge in [0, 0.05) is 16.7 Å². The lowest BCUT2D eigenvalue weighted by molar-refractivity contribution is 0.0697. The maximum absolute atomic E-state index is 10.8. The second-order valence-corrected chi connectivity index (χ2v) is 4.61. The number of aromatic carboxylic acids is 1. The zero-order valence-electron chi connectivity index (χ0n) is 9.25. The number of carboxylic acid groups (broad SMARTS) is 1. The van der Waals surface area contributed by atoms with Gasteiger partial charge in [-0.1, -0.05) is 27.6 Å². The van der Waals surface area contributed by atoms with Crippen molar-refractivity contribution in [3.05, 3.63) is 39.9 Å². The molecule has 2 N–H and O–H groups in total. The number of allylic oxidation sites excluding steroid dienone is 1. The highest BCUT2D eigenvalue weighted by Crippen LogP contribution is 2.19. The zero-order valence-corrected chi connectivity index (χ0v) is 10.8. The minimum Gasteiger partial charge on any atom is -0.478 e. The van der Waals surface area contributed by atoms with Crippen molar-refractivity contribution >= 4 is 27.6 Å². The zero-order chi connectivity index (χ0) is 12.1. The van der Waals surface area contributed by atoms with Crippen LogP contribution >= 0.6 is 15.9 Å². The van der Waals surface area contributed by atoms with Crippen LogP contribution in [0, 0.1) is 0 Å². The Labute approximate surface area is 103 Å². The number of carbonyl (C=O) groups is 1. The average molecular weight is 284 g/mol. The van der Waals surface area contributed by atoms with Crippen LogP contribution in [0.4, 0.5) is 5.69 Å². The van der Waals surface area contributed by atoms with E-state index in [1.54, 1.807) is 12.1 Å². The number of carboxylic acids is 1. The third-order valence-electron chi connectivity index (χ3n) is 1.96. The van der Waals surface area contributed by atoms with Crippen LogP contribution in [-0.2, 0) is 0 Å². The van der Waals surface area contributed by atoms with Gasteiger partial charge < -0.3 is 10.4 Å². The molecule has 1 rings (SSSR count). The van der Waals surface area contributed by atoms with Crippen LogP contribution in [0.25, 0.3) is 0 Å². The fourth-order valence-electron chi connectivity index (χ4n) is 1.19.